The third-order valence-corrected chi connectivity index (χ3v) is 4.47. The first-order valence-corrected chi connectivity index (χ1v) is 9.01. The zero-order valence-electron chi connectivity index (χ0n) is 16.5. The standard InChI is InChI=1S/C19H32N4O2.HI/c1-14(2)13-23-10-6-7-16(23)12-21-19(20-3)22-15-8-9-17(24-4)18(11-15)25-5;/h8-9,11,14,16H,6-7,10,12-13H2,1-5H3,(H2,20,21,22);1H/t16-;/m1./s1. The van der Waals surface area contributed by atoms with Gasteiger partial charge in [0.15, 0.2) is 17.5 Å². The first-order chi connectivity index (χ1) is 12.1. The van der Waals surface area contributed by atoms with Gasteiger partial charge in [0.1, 0.15) is 0 Å². The van der Waals surface area contributed by atoms with Gasteiger partial charge in [-0.05, 0) is 37.4 Å². The average Bonchev–Trinajstić information content (AvgIpc) is 3.04. The molecule has 1 fully saturated rings. The van der Waals surface area contributed by atoms with Gasteiger partial charge in [-0.15, -0.1) is 24.0 Å². The van der Waals surface area contributed by atoms with Crippen LogP contribution in [0.1, 0.15) is 26.7 Å². The Morgan fingerprint density at radius 2 is 2.00 bits per heavy atom. The van der Waals surface area contributed by atoms with Gasteiger partial charge in [-0.1, -0.05) is 13.8 Å². The number of aliphatic imine (C=N–C) groups is 1. The Morgan fingerprint density at radius 1 is 1.27 bits per heavy atom. The molecule has 0 aromatic heterocycles. The van der Waals surface area contributed by atoms with Crippen molar-refractivity contribution in [3.63, 3.8) is 0 Å². The number of guanidine groups is 1. The SMILES string of the molecule is CN=C(NC[C@H]1CCCN1CC(C)C)Nc1ccc(OC)c(OC)c1.I. The summed E-state index contributed by atoms with van der Waals surface area (Å²) in [6.07, 6.45) is 2.52. The molecule has 148 valence electrons. The quantitative estimate of drug-likeness (QED) is 0.359. The lowest BCUT2D eigenvalue weighted by molar-refractivity contribution is 0.227. The minimum Gasteiger partial charge on any atom is -0.493 e. The van der Waals surface area contributed by atoms with Crippen molar-refractivity contribution >= 4 is 35.6 Å². The van der Waals surface area contributed by atoms with Gasteiger partial charge in [-0.25, -0.2) is 0 Å². The molecule has 1 atom stereocenters. The molecule has 1 heterocycles. The maximum absolute atomic E-state index is 5.35. The lowest BCUT2D eigenvalue weighted by Gasteiger charge is -2.27. The molecule has 0 bridgehead atoms. The van der Waals surface area contributed by atoms with Crippen LogP contribution in [0.4, 0.5) is 5.69 Å². The van der Waals surface area contributed by atoms with Gasteiger partial charge in [-0.2, -0.15) is 0 Å². The summed E-state index contributed by atoms with van der Waals surface area (Å²) in [6.45, 7) is 7.82. The van der Waals surface area contributed by atoms with Crippen molar-refractivity contribution in [3.8, 4) is 11.5 Å². The summed E-state index contributed by atoms with van der Waals surface area (Å²) in [5, 5.41) is 6.77. The van der Waals surface area contributed by atoms with Gasteiger partial charge in [0, 0.05) is 37.9 Å². The van der Waals surface area contributed by atoms with Crippen molar-refractivity contribution < 1.29 is 9.47 Å². The lowest BCUT2D eigenvalue weighted by Crippen LogP contribution is -2.43. The molecule has 0 spiro atoms. The van der Waals surface area contributed by atoms with Gasteiger partial charge in [0.2, 0.25) is 0 Å². The van der Waals surface area contributed by atoms with E-state index in [1.165, 1.54) is 19.4 Å². The predicted octanol–water partition coefficient (Wildman–Crippen LogP) is 3.43. The predicted molar refractivity (Wildman–Crippen MR) is 119 cm³/mol. The van der Waals surface area contributed by atoms with Crippen LogP contribution in [0, 0.1) is 5.92 Å². The third-order valence-electron chi connectivity index (χ3n) is 4.47. The Labute approximate surface area is 174 Å². The van der Waals surface area contributed by atoms with E-state index in [4.69, 9.17) is 9.47 Å². The molecule has 0 amide bonds. The zero-order valence-corrected chi connectivity index (χ0v) is 18.9. The molecule has 1 aliphatic rings. The highest BCUT2D eigenvalue weighted by Crippen LogP contribution is 2.29. The van der Waals surface area contributed by atoms with E-state index in [-0.39, 0.29) is 24.0 Å². The third kappa shape index (κ3) is 6.50. The maximum Gasteiger partial charge on any atom is 0.195 e. The number of benzene rings is 1. The molecule has 2 N–H and O–H groups in total. The van der Waals surface area contributed by atoms with E-state index in [1.54, 1.807) is 21.3 Å². The summed E-state index contributed by atoms with van der Waals surface area (Å²) in [6, 6.07) is 6.32. The van der Waals surface area contributed by atoms with Crippen molar-refractivity contribution in [1.82, 2.24) is 10.2 Å². The Balaban J connectivity index is 0.00000338. The average molecular weight is 476 g/mol. The van der Waals surface area contributed by atoms with E-state index in [0.29, 0.717) is 23.5 Å². The van der Waals surface area contributed by atoms with Crippen LogP contribution in [0.3, 0.4) is 0 Å². The molecule has 7 heteroatoms. The number of methoxy groups -OCH3 is 2. The van der Waals surface area contributed by atoms with Crippen LogP contribution >= 0.6 is 24.0 Å². The van der Waals surface area contributed by atoms with E-state index in [9.17, 15) is 0 Å². The van der Waals surface area contributed by atoms with Crippen molar-refractivity contribution in [1.29, 1.82) is 0 Å². The summed E-state index contributed by atoms with van der Waals surface area (Å²) in [5.41, 5.74) is 0.913. The lowest BCUT2D eigenvalue weighted by atomic mass is 10.1. The molecule has 0 saturated carbocycles. The molecular weight excluding hydrogens is 443 g/mol. The van der Waals surface area contributed by atoms with Crippen LogP contribution in [0.2, 0.25) is 0 Å². The molecule has 1 aliphatic heterocycles. The molecule has 1 aromatic rings. The van der Waals surface area contributed by atoms with Gasteiger partial charge in [0.25, 0.3) is 0 Å². The molecule has 0 radical (unpaired) electrons. The summed E-state index contributed by atoms with van der Waals surface area (Å²) in [7, 11) is 5.06. The van der Waals surface area contributed by atoms with Crippen molar-refractivity contribution in [2.75, 3.05) is 46.2 Å². The van der Waals surface area contributed by atoms with Gasteiger partial charge >= 0.3 is 0 Å². The second-order valence-electron chi connectivity index (χ2n) is 6.83. The van der Waals surface area contributed by atoms with Crippen molar-refractivity contribution in [3.05, 3.63) is 18.2 Å². The summed E-state index contributed by atoms with van der Waals surface area (Å²) in [4.78, 5) is 6.92. The van der Waals surface area contributed by atoms with Gasteiger partial charge < -0.3 is 20.1 Å². The largest absolute Gasteiger partial charge is 0.493 e. The Kier molecular flexibility index (Phi) is 10.1. The topological polar surface area (TPSA) is 58.1 Å². The van der Waals surface area contributed by atoms with Crippen LogP contribution < -0.4 is 20.1 Å². The van der Waals surface area contributed by atoms with Gasteiger partial charge in [-0.3, -0.25) is 9.89 Å². The number of hydrogen-bond acceptors (Lipinski definition) is 4. The highest BCUT2D eigenvalue weighted by atomic mass is 127. The fourth-order valence-electron chi connectivity index (χ4n) is 3.28. The van der Waals surface area contributed by atoms with Crippen LogP contribution in [-0.4, -0.2) is 57.8 Å². The monoisotopic (exact) mass is 476 g/mol. The minimum atomic E-state index is 0. The highest BCUT2D eigenvalue weighted by molar-refractivity contribution is 14.0. The Hall–Kier alpha value is -1.22. The molecule has 1 saturated heterocycles. The molecule has 2 rings (SSSR count). The number of nitrogens with zero attached hydrogens (tertiary/aromatic N) is 2. The smallest absolute Gasteiger partial charge is 0.195 e. The number of likely N-dealkylation sites (tertiary alicyclic amines) is 1. The molecule has 1 aromatic carbocycles. The van der Waals surface area contributed by atoms with E-state index in [0.717, 1.165) is 24.7 Å². The molecule has 0 unspecified atom stereocenters. The number of anilines is 1. The number of rotatable bonds is 7. The van der Waals surface area contributed by atoms with Crippen LogP contribution in [0.25, 0.3) is 0 Å². The van der Waals surface area contributed by atoms with Crippen molar-refractivity contribution in [2.45, 2.75) is 32.7 Å². The normalized spacial score (nSPS) is 17.8. The fraction of sp³-hybridized carbons (Fsp3) is 0.632. The van der Waals surface area contributed by atoms with E-state index < -0.39 is 0 Å². The first-order valence-electron chi connectivity index (χ1n) is 9.01. The summed E-state index contributed by atoms with van der Waals surface area (Å²) < 4.78 is 10.6. The summed E-state index contributed by atoms with van der Waals surface area (Å²) >= 11 is 0. The number of hydrogen-bond donors (Lipinski definition) is 2. The van der Waals surface area contributed by atoms with Crippen molar-refractivity contribution in [2.24, 2.45) is 10.9 Å². The summed E-state index contributed by atoms with van der Waals surface area (Å²) in [5.74, 6) is 2.88. The second-order valence-corrected chi connectivity index (χ2v) is 6.83. The maximum atomic E-state index is 5.35. The van der Waals surface area contributed by atoms with E-state index in [2.05, 4.69) is 34.4 Å². The Bertz CT molecular complexity index is 581. The van der Waals surface area contributed by atoms with Crippen LogP contribution in [0.5, 0.6) is 11.5 Å². The second kappa shape index (κ2) is 11.5. The Morgan fingerprint density at radius 3 is 2.62 bits per heavy atom. The minimum absolute atomic E-state index is 0. The number of nitrogens with one attached hydrogen (secondary N) is 2. The molecular formula is C19H33IN4O2. The zero-order chi connectivity index (χ0) is 18.2. The molecule has 0 aliphatic carbocycles. The van der Waals surface area contributed by atoms with Crippen LogP contribution in [-0.2, 0) is 0 Å². The van der Waals surface area contributed by atoms with E-state index in [1.807, 2.05) is 18.2 Å². The molecule has 6 nitrogen and oxygen atoms in total. The highest BCUT2D eigenvalue weighted by Gasteiger charge is 2.24. The first kappa shape index (κ1) is 22.8. The van der Waals surface area contributed by atoms with Crippen LogP contribution in [0.15, 0.2) is 23.2 Å². The number of halogens is 1. The fourth-order valence-corrected chi connectivity index (χ4v) is 3.28. The van der Waals surface area contributed by atoms with Gasteiger partial charge in [0.05, 0.1) is 14.2 Å². The molecule has 26 heavy (non-hydrogen) atoms. The van der Waals surface area contributed by atoms with E-state index >= 15 is 0 Å². The number of ether oxygens (including phenoxy) is 2.